The van der Waals surface area contributed by atoms with Crippen molar-refractivity contribution >= 4 is 11.8 Å². The van der Waals surface area contributed by atoms with Crippen LogP contribution in [-0.4, -0.2) is 18.4 Å². The highest BCUT2D eigenvalue weighted by Gasteiger charge is 2.07. The zero-order valence-corrected chi connectivity index (χ0v) is 16.7. The number of hydrogen-bond donors (Lipinski definition) is 0. The Hall–Kier alpha value is -1.58. The number of hydrogen-bond acceptors (Lipinski definition) is 4. The Morgan fingerprint density at radius 3 is 2.19 bits per heavy atom. The molecule has 1 aromatic rings. The highest BCUT2D eigenvalue weighted by atomic mass is 16.5. The summed E-state index contributed by atoms with van der Waals surface area (Å²) in [5.74, 6) is 2.21. The van der Waals surface area contributed by atoms with Gasteiger partial charge in [0.05, 0.1) is 6.61 Å². The third kappa shape index (κ3) is 11.1. The lowest BCUT2D eigenvalue weighted by Crippen LogP contribution is -2.03. The van der Waals surface area contributed by atoms with Crippen molar-refractivity contribution in [3.8, 4) is 0 Å². The molecule has 0 radical (unpaired) electrons. The zero-order valence-electron chi connectivity index (χ0n) is 16.7. The Kier molecular flexibility index (Phi) is 12.6. The van der Waals surface area contributed by atoms with Gasteiger partial charge in [0.25, 0.3) is 0 Å². The molecule has 0 aliphatic carbocycles. The molecule has 1 rings (SSSR count). The fourth-order valence-electron chi connectivity index (χ4n) is 2.98. The molecule has 0 aliphatic rings. The van der Waals surface area contributed by atoms with Crippen LogP contribution in [0.3, 0.4) is 0 Å². The number of unbranched alkanes of at least 4 members (excludes halogenated alkanes) is 6. The lowest BCUT2D eigenvalue weighted by atomic mass is 10.1. The Balaban J connectivity index is 2.05. The van der Waals surface area contributed by atoms with Crippen LogP contribution in [0.15, 0.2) is 16.5 Å². The topological polar surface area (TPSA) is 56.5 Å². The van der Waals surface area contributed by atoms with Gasteiger partial charge in [-0.2, -0.15) is 0 Å². The van der Waals surface area contributed by atoms with Crippen molar-refractivity contribution in [1.29, 1.82) is 0 Å². The zero-order chi connectivity index (χ0) is 19.0. The van der Waals surface area contributed by atoms with E-state index in [4.69, 9.17) is 9.15 Å². The van der Waals surface area contributed by atoms with Gasteiger partial charge in [-0.15, -0.1) is 0 Å². The number of carbonyl (C=O) groups is 2. The van der Waals surface area contributed by atoms with E-state index in [1.807, 2.05) is 19.1 Å². The predicted molar refractivity (Wildman–Crippen MR) is 104 cm³/mol. The maximum Gasteiger partial charge on any atom is 0.305 e. The van der Waals surface area contributed by atoms with Crippen LogP contribution in [0.5, 0.6) is 0 Å². The van der Waals surface area contributed by atoms with Crippen molar-refractivity contribution in [3.63, 3.8) is 0 Å². The Bertz CT molecular complexity index is 504. The smallest absolute Gasteiger partial charge is 0.305 e. The van der Waals surface area contributed by atoms with Crippen LogP contribution < -0.4 is 0 Å². The first-order valence-corrected chi connectivity index (χ1v) is 10.4. The first-order valence-electron chi connectivity index (χ1n) is 10.4. The van der Waals surface area contributed by atoms with E-state index in [2.05, 4.69) is 6.92 Å². The van der Waals surface area contributed by atoms with Crippen molar-refractivity contribution in [2.24, 2.45) is 0 Å². The van der Waals surface area contributed by atoms with E-state index >= 15 is 0 Å². The quantitative estimate of drug-likeness (QED) is 0.274. The number of esters is 1. The molecule has 0 aromatic carbocycles. The second kappa shape index (κ2) is 14.6. The molecule has 4 nitrogen and oxygen atoms in total. The number of aryl methyl sites for hydroxylation is 2. The van der Waals surface area contributed by atoms with Crippen molar-refractivity contribution in [3.05, 3.63) is 23.7 Å². The van der Waals surface area contributed by atoms with Crippen molar-refractivity contribution in [2.75, 3.05) is 6.61 Å². The molecule has 0 bridgehead atoms. The second-order valence-electron chi connectivity index (χ2n) is 6.94. The largest absolute Gasteiger partial charge is 0.466 e. The van der Waals surface area contributed by atoms with Gasteiger partial charge in [-0.1, -0.05) is 39.0 Å². The van der Waals surface area contributed by atoms with Gasteiger partial charge in [0.1, 0.15) is 17.3 Å². The number of ketones is 1. The summed E-state index contributed by atoms with van der Waals surface area (Å²) in [6.07, 6.45) is 12.2. The lowest BCUT2D eigenvalue weighted by Gasteiger charge is -2.02. The maximum absolute atomic E-state index is 11.8. The molecule has 0 saturated heterocycles. The molecule has 0 saturated carbocycles. The van der Waals surface area contributed by atoms with Crippen LogP contribution in [0.1, 0.15) is 96.0 Å². The third-order valence-corrected chi connectivity index (χ3v) is 4.54. The van der Waals surface area contributed by atoms with Crippen LogP contribution >= 0.6 is 0 Å². The van der Waals surface area contributed by atoms with E-state index in [-0.39, 0.29) is 5.97 Å². The first kappa shape index (κ1) is 22.5. The lowest BCUT2D eigenvalue weighted by molar-refractivity contribution is -0.143. The van der Waals surface area contributed by atoms with Gasteiger partial charge in [-0.25, -0.2) is 0 Å². The predicted octanol–water partition coefficient (Wildman–Crippen LogP) is 5.81. The van der Waals surface area contributed by atoms with E-state index in [1.165, 1.54) is 0 Å². The number of ether oxygens (including phenoxy) is 1. The fraction of sp³-hybridized carbons (Fsp3) is 0.727. The minimum Gasteiger partial charge on any atom is -0.466 e. The molecule has 0 fully saturated rings. The van der Waals surface area contributed by atoms with Crippen molar-refractivity contribution < 1.29 is 18.7 Å². The highest BCUT2D eigenvalue weighted by Crippen LogP contribution is 2.15. The average molecular weight is 365 g/mol. The van der Waals surface area contributed by atoms with Crippen LogP contribution in [0, 0.1) is 0 Å². The maximum atomic E-state index is 11.8. The monoisotopic (exact) mass is 364 g/mol. The van der Waals surface area contributed by atoms with Gasteiger partial charge >= 0.3 is 5.97 Å². The molecule has 1 heterocycles. The van der Waals surface area contributed by atoms with E-state index in [0.29, 0.717) is 31.7 Å². The number of rotatable bonds is 16. The minimum absolute atomic E-state index is 0.0838. The molecular formula is C22H36O4. The molecule has 1 aromatic heterocycles. The SMILES string of the molecule is CCCCCC(=O)CCc1ccc(CCCCCCCC(=O)OCC)o1. The van der Waals surface area contributed by atoms with Crippen molar-refractivity contribution in [2.45, 2.75) is 97.3 Å². The van der Waals surface area contributed by atoms with Gasteiger partial charge in [0.15, 0.2) is 0 Å². The standard InChI is InChI=1S/C22H36O4/c1-3-5-9-12-19(23)15-16-21-18-17-20(26-21)13-10-7-6-8-11-14-22(24)25-4-2/h17-18H,3-16H2,1-2H3. The summed E-state index contributed by atoms with van der Waals surface area (Å²) in [4.78, 5) is 23.0. The molecule has 0 spiro atoms. The van der Waals surface area contributed by atoms with Crippen LogP contribution in [-0.2, 0) is 27.2 Å². The summed E-state index contributed by atoms with van der Waals surface area (Å²) >= 11 is 0. The van der Waals surface area contributed by atoms with Gasteiger partial charge in [-0.05, 0) is 38.3 Å². The van der Waals surface area contributed by atoms with Gasteiger partial charge in [0, 0.05) is 32.1 Å². The van der Waals surface area contributed by atoms with E-state index < -0.39 is 0 Å². The highest BCUT2D eigenvalue weighted by molar-refractivity contribution is 5.78. The molecule has 0 N–H and O–H groups in total. The van der Waals surface area contributed by atoms with E-state index in [1.54, 1.807) is 0 Å². The number of furan rings is 1. The van der Waals surface area contributed by atoms with E-state index in [9.17, 15) is 9.59 Å². The van der Waals surface area contributed by atoms with E-state index in [0.717, 1.165) is 75.7 Å². The van der Waals surface area contributed by atoms with Crippen LogP contribution in [0.25, 0.3) is 0 Å². The molecule has 0 aliphatic heterocycles. The Morgan fingerprint density at radius 1 is 0.808 bits per heavy atom. The van der Waals surface area contributed by atoms with Crippen molar-refractivity contribution in [1.82, 2.24) is 0 Å². The first-order chi connectivity index (χ1) is 12.7. The fourth-order valence-corrected chi connectivity index (χ4v) is 2.98. The Morgan fingerprint density at radius 2 is 1.46 bits per heavy atom. The summed E-state index contributed by atoms with van der Waals surface area (Å²) in [7, 11) is 0. The summed E-state index contributed by atoms with van der Waals surface area (Å²) in [6.45, 7) is 4.46. The van der Waals surface area contributed by atoms with Crippen LogP contribution in [0.4, 0.5) is 0 Å². The molecule has 148 valence electrons. The number of carbonyl (C=O) groups excluding carboxylic acids is 2. The number of Topliss-reactive ketones (excluding diaryl/α,β-unsaturated/α-hetero) is 1. The molecule has 4 heteroatoms. The van der Waals surface area contributed by atoms with Gasteiger partial charge < -0.3 is 9.15 Å². The molecule has 26 heavy (non-hydrogen) atoms. The summed E-state index contributed by atoms with van der Waals surface area (Å²) in [6, 6.07) is 4.05. The summed E-state index contributed by atoms with van der Waals surface area (Å²) < 4.78 is 10.7. The summed E-state index contributed by atoms with van der Waals surface area (Å²) in [5, 5.41) is 0. The molecule has 0 unspecified atom stereocenters. The summed E-state index contributed by atoms with van der Waals surface area (Å²) in [5.41, 5.74) is 0. The third-order valence-electron chi connectivity index (χ3n) is 4.54. The molecule has 0 atom stereocenters. The average Bonchev–Trinajstić information content (AvgIpc) is 3.07. The molecular weight excluding hydrogens is 328 g/mol. The van der Waals surface area contributed by atoms with Crippen LogP contribution in [0.2, 0.25) is 0 Å². The minimum atomic E-state index is -0.0838. The van der Waals surface area contributed by atoms with Gasteiger partial charge in [0.2, 0.25) is 0 Å². The Labute approximate surface area is 158 Å². The van der Waals surface area contributed by atoms with Gasteiger partial charge in [-0.3, -0.25) is 9.59 Å². The second-order valence-corrected chi connectivity index (χ2v) is 6.94. The normalized spacial score (nSPS) is 10.8. The molecule has 0 amide bonds.